The van der Waals surface area contributed by atoms with Crippen molar-refractivity contribution in [1.29, 1.82) is 0 Å². The number of amides is 1. The zero-order valence-corrected chi connectivity index (χ0v) is 37.6. The molecule has 14 nitrogen and oxygen atoms in total. The van der Waals surface area contributed by atoms with Crippen LogP contribution in [0.4, 0.5) is 17.2 Å². The van der Waals surface area contributed by atoms with E-state index in [1.807, 2.05) is 42.3 Å². The zero-order chi connectivity index (χ0) is 45.4. The number of anilines is 3. The first-order valence-electron chi connectivity index (χ1n) is 22.7. The highest BCUT2D eigenvalue weighted by Gasteiger charge is 2.28. The van der Waals surface area contributed by atoms with E-state index in [2.05, 4.69) is 153 Å². The van der Waals surface area contributed by atoms with Crippen molar-refractivity contribution >= 4 is 67.0 Å². The van der Waals surface area contributed by atoms with E-state index >= 15 is 0 Å². The number of nitrogens with one attached hydrogen (secondary N) is 2. The minimum absolute atomic E-state index is 0.0224. The summed E-state index contributed by atoms with van der Waals surface area (Å²) in [4.78, 5) is 48.5. The van der Waals surface area contributed by atoms with Crippen LogP contribution in [0.25, 0.3) is 66.1 Å². The molecule has 2 N–H and O–H groups in total. The van der Waals surface area contributed by atoms with Gasteiger partial charge in [-0.1, -0.05) is 30.3 Å². The zero-order valence-electron chi connectivity index (χ0n) is 37.6. The minimum atomic E-state index is -0.0224. The maximum atomic E-state index is 12.8. The summed E-state index contributed by atoms with van der Waals surface area (Å²) < 4.78 is 4.28. The number of carbonyl (C=O) groups is 1. The van der Waals surface area contributed by atoms with Crippen molar-refractivity contribution < 1.29 is 4.79 Å². The van der Waals surface area contributed by atoms with Crippen LogP contribution in [0.1, 0.15) is 29.2 Å². The minimum Gasteiger partial charge on any atom is -0.380 e. The van der Waals surface area contributed by atoms with Crippen LogP contribution in [0, 0.1) is 6.92 Å². The predicted octanol–water partition coefficient (Wildman–Crippen LogP) is 9.09. The number of fused-ring (bicyclic) bond motifs is 4. The number of aryl methyl sites for hydroxylation is 3. The van der Waals surface area contributed by atoms with Crippen LogP contribution in [-0.4, -0.2) is 93.1 Å². The Bertz CT molecular complexity index is 3440. The highest BCUT2D eigenvalue weighted by molar-refractivity contribution is 5.98. The van der Waals surface area contributed by atoms with Gasteiger partial charge in [0.1, 0.15) is 17.3 Å². The molecule has 0 spiro atoms. The molecule has 2 aliphatic rings. The molecule has 12 rings (SSSR count). The monoisotopic (exact) mass is 883 g/mol. The number of aromatic nitrogens is 9. The molecule has 0 bridgehead atoms. The molecule has 2 saturated heterocycles. The van der Waals surface area contributed by atoms with Gasteiger partial charge >= 0.3 is 0 Å². The smallest absolute Gasteiger partial charge is 0.272 e. The van der Waals surface area contributed by atoms with E-state index in [1.54, 1.807) is 37.1 Å². The Labute approximate surface area is 387 Å². The topological polar surface area (TPSA) is 148 Å². The summed E-state index contributed by atoms with van der Waals surface area (Å²) in [7, 11) is 4.13. The van der Waals surface area contributed by atoms with Gasteiger partial charge in [-0.2, -0.15) is 0 Å². The number of likely N-dealkylation sites (tertiary alicyclic amines) is 1. The van der Waals surface area contributed by atoms with E-state index in [1.165, 1.54) is 21.8 Å². The molecule has 2 fully saturated rings. The van der Waals surface area contributed by atoms with Gasteiger partial charge in [-0.25, -0.2) is 9.97 Å². The van der Waals surface area contributed by atoms with Gasteiger partial charge in [0.2, 0.25) is 0 Å². The van der Waals surface area contributed by atoms with Crippen LogP contribution < -0.4 is 15.5 Å². The van der Waals surface area contributed by atoms with Crippen molar-refractivity contribution in [1.82, 2.24) is 48.9 Å². The lowest BCUT2D eigenvalue weighted by Gasteiger charge is -2.19. The second kappa shape index (κ2) is 17.6. The van der Waals surface area contributed by atoms with Gasteiger partial charge < -0.3 is 29.6 Å². The Balaban J connectivity index is 0.000000148. The third kappa shape index (κ3) is 8.45. The molecule has 332 valence electrons. The quantitative estimate of drug-likeness (QED) is 0.151. The second-order valence-corrected chi connectivity index (χ2v) is 17.4. The highest BCUT2D eigenvalue weighted by atomic mass is 16.2. The molecule has 8 heterocycles. The van der Waals surface area contributed by atoms with Crippen molar-refractivity contribution in [2.75, 3.05) is 41.7 Å². The van der Waals surface area contributed by atoms with E-state index in [0.29, 0.717) is 24.8 Å². The summed E-state index contributed by atoms with van der Waals surface area (Å²) in [5, 5.41) is 9.82. The lowest BCUT2D eigenvalue weighted by Crippen LogP contribution is -2.32. The van der Waals surface area contributed by atoms with Crippen molar-refractivity contribution in [3.63, 3.8) is 0 Å². The van der Waals surface area contributed by atoms with Crippen LogP contribution in [-0.2, 0) is 14.1 Å². The lowest BCUT2D eigenvalue weighted by atomic mass is 10.0. The molecule has 14 heteroatoms. The fourth-order valence-corrected chi connectivity index (χ4v) is 9.51. The third-order valence-corrected chi connectivity index (χ3v) is 12.9. The summed E-state index contributed by atoms with van der Waals surface area (Å²) >= 11 is 0. The molecule has 4 aromatic carbocycles. The van der Waals surface area contributed by atoms with Crippen LogP contribution in [0.2, 0.25) is 0 Å². The Morgan fingerprint density at radius 2 is 1.18 bits per heavy atom. The van der Waals surface area contributed by atoms with Gasteiger partial charge in [0.25, 0.3) is 5.91 Å². The SMILES string of the molecule is Cc1nccc(N2CC[C@H](Nc3cc(-c4ccc5ccn(C)c5c4)c4nccnc4c3)C2)n1.Cn1ccc2ccc(-c3cc(N[C@H]4CCN(C(=O)c5ccccn5)C4)cc4nccnc34)cc21. The second-order valence-electron chi connectivity index (χ2n) is 17.4. The van der Waals surface area contributed by atoms with Gasteiger partial charge in [0.15, 0.2) is 0 Å². The average Bonchev–Trinajstić information content (AvgIpc) is 4.19. The summed E-state index contributed by atoms with van der Waals surface area (Å²) in [6.07, 6.45) is 16.5. The van der Waals surface area contributed by atoms with E-state index in [4.69, 9.17) is 0 Å². The molecule has 6 aromatic heterocycles. The summed E-state index contributed by atoms with van der Waals surface area (Å²) in [5.74, 6) is 1.77. The summed E-state index contributed by atoms with van der Waals surface area (Å²) in [6.45, 7) is 5.15. The maximum absolute atomic E-state index is 12.8. The molecule has 0 radical (unpaired) electrons. The van der Waals surface area contributed by atoms with Gasteiger partial charge in [0, 0.05) is 135 Å². The van der Waals surface area contributed by atoms with Crippen molar-refractivity contribution in [2.24, 2.45) is 14.1 Å². The molecule has 10 aromatic rings. The first kappa shape index (κ1) is 41.4. The largest absolute Gasteiger partial charge is 0.380 e. The molecule has 67 heavy (non-hydrogen) atoms. The number of rotatable bonds is 8. The molecule has 0 saturated carbocycles. The highest BCUT2D eigenvalue weighted by Crippen LogP contribution is 2.35. The van der Waals surface area contributed by atoms with Crippen molar-refractivity contribution in [2.45, 2.75) is 31.8 Å². The van der Waals surface area contributed by atoms with Crippen LogP contribution in [0.3, 0.4) is 0 Å². The van der Waals surface area contributed by atoms with Gasteiger partial charge in [-0.15, -0.1) is 0 Å². The molecule has 2 aliphatic heterocycles. The molecule has 2 atom stereocenters. The maximum Gasteiger partial charge on any atom is 0.272 e. The van der Waals surface area contributed by atoms with Gasteiger partial charge in [0.05, 0.1) is 22.1 Å². The van der Waals surface area contributed by atoms with Gasteiger partial charge in [-0.05, 0) is 108 Å². The number of nitrogens with zero attached hydrogens (tertiary/aromatic N) is 11. The van der Waals surface area contributed by atoms with E-state index < -0.39 is 0 Å². The molecule has 0 unspecified atom stereocenters. The first-order valence-corrected chi connectivity index (χ1v) is 22.7. The van der Waals surface area contributed by atoms with Crippen LogP contribution >= 0.6 is 0 Å². The van der Waals surface area contributed by atoms with Gasteiger partial charge in [-0.3, -0.25) is 29.7 Å². The van der Waals surface area contributed by atoms with Crippen molar-refractivity contribution in [3.8, 4) is 22.3 Å². The standard InChI is InChI=1S/C27H24N6O.C26H25N7/c1-32-12-7-18-5-6-19(14-25(18)32)22-15-21(16-24-26(22)30-11-10-29-24)31-20-8-13-33(17-20)27(34)23-4-2-3-9-28-23;1-17-27-8-5-25(30-17)33-12-7-20(16-33)31-21-14-22(26-23(15-21)28-9-10-29-26)19-4-3-18-6-11-32(2)24(18)13-19/h2-7,9-12,14-16,20,31H,8,13,17H2,1H3;3-6,8-11,13-15,20,31H,7,12,16H2,1-2H3/t2*20-/m00/s1. The first-order chi connectivity index (χ1) is 32.8. The molecule has 0 aliphatic carbocycles. The average molecular weight is 884 g/mol. The van der Waals surface area contributed by atoms with E-state index in [-0.39, 0.29) is 11.9 Å². The number of pyridine rings is 1. The predicted molar refractivity (Wildman–Crippen MR) is 266 cm³/mol. The molecule has 1 amide bonds. The number of hydrogen-bond acceptors (Lipinski definition) is 11. The fourth-order valence-electron chi connectivity index (χ4n) is 9.51. The third-order valence-electron chi connectivity index (χ3n) is 12.9. The number of hydrogen-bond donors (Lipinski definition) is 2. The Hall–Kier alpha value is -8.26. The number of carbonyl (C=O) groups excluding carboxylic acids is 1. The summed E-state index contributed by atoms with van der Waals surface area (Å²) in [5.41, 5.74) is 12.8. The van der Waals surface area contributed by atoms with E-state index in [0.717, 1.165) is 93.3 Å². The molecular weight excluding hydrogens is 835 g/mol. The van der Waals surface area contributed by atoms with Crippen LogP contribution in [0.15, 0.2) is 147 Å². The lowest BCUT2D eigenvalue weighted by molar-refractivity contribution is 0.0786. The Kier molecular flexibility index (Phi) is 10.9. The normalized spacial score (nSPS) is 15.9. The Morgan fingerprint density at radius 1 is 0.582 bits per heavy atom. The Morgan fingerprint density at radius 3 is 1.78 bits per heavy atom. The van der Waals surface area contributed by atoms with Crippen molar-refractivity contribution in [3.05, 3.63) is 158 Å². The summed E-state index contributed by atoms with van der Waals surface area (Å²) in [6, 6.07) is 33.7. The molecular formula is C53H49N13O. The number of benzene rings is 4. The fraction of sp³-hybridized carbons (Fsp3) is 0.208. The van der Waals surface area contributed by atoms with E-state index in [9.17, 15) is 4.79 Å². The van der Waals surface area contributed by atoms with Crippen LogP contribution in [0.5, 0.6) is 0 Å².